The summed E-state index contributed by atoms with van der Waals surface area (Å²) >= 11 is 3.51. The molecule has 1 heterocycles. The van der Waals surface area contributed by atoms with Crippen molar-refractivity contribution in [3.63, 3.8) is 0 Å². The predicted octanol–water partition coefficient (Wildman–Crippen LogP) is 2.66. The summed E-state index contributed by atoms with van der Waals surface area (Å²) in [6, 6.07) is 4.18. The Kier molecular flexibility index (Phi) is 14.6. The maximum Gasteiger partial charge on any atom is 0.183 e. The summed E-state index contributed by atoms with van der Waals surface area (Å²) in [5, 5.41) is 0. The molecule has 0 unspecified atom stereocenters. The standard InChI is InChI=1S/C17H29BrN.HI/c1-2-3-4-5-6-7-8-9-10-11-14-19-15-12-13-17(18)16-19;/h12-13,15-16H,2-11,14H2,1H3;1H/q+1;/p-1. The molecule has 1 rings (SSSR count). The Labute approximate surface area is 150 Å². The van der Waals surface area contributed by atoms with E-state index in [0.29, 0.717) is 0 Å². The van der Waals surface area contributed by atoms with E-state index in [1.165, 1.54) is 68.7 Å². The fourth-order valence-corrected chi connectivity index (χ4v) is 2.83. The quantitative estimate of drug-likeness (QED) is 0.275. The van der Waals surface area contributed by atoms with Crippen molar-refractivity contribution in [3.8, 4) is 0 Å². The number of aromatic nitrogens is 1. The number of hydrogen-bond acceptors (Lipinski definition) is 0. The van der Waals surface area contributed by atoms with Crippen molar-refractivity contribution in [2.45, 2.75) is 77.7 Å². The van der Waals surface area contributed by atoms with E-state index in [-0.39, 0.29) is 24.0 Å². The summed E-state index contributed by atoms with van der Waals surface area (Å²) in [5.41, 5.74) is 0. The lowest BCUT2D eigenvalue weighted by Crippen LogP contribution is -3.00. The summed E-state index contributed by atoms with van der Waals surface area (Å²) in [7, 11) is 0. The Morgan fingerprint density at radius 3 is 2.00 bits per heavy atom. The van der Waals surface area contributed by atoms with E-state index in [4.69, 9.17) is 0 Å². The minimum Gasteiger partial charge on any atom is -1.00 e. The van der Waals surface area contributed by atoms with E-state index < -0.39 is 0 Å². The first kappa shape index (κ1) is 20.4. The molecule has 0 aliphatic heterocycles. The first-order chi connectivity index (χ1) is 9.33. The highest BCUT2D eigenvalue weighted by molar-refractivity contribution is 9.10. The molecule has 0 spiro atoms. The van der Waals surface area contributed by atoms with Crippen LogP contribution in [0.15, 0.2) is 29.0 Å². The molecule has 0 saturated heterocycles. The van der Waals surface area contributed by atoms with Crippen molar-refractivity contribution in [1.82, 2.24) is 0 Å². The summed E-state index contributed by atoms with van der Waals surface area (Å²) in [6.07, 6.45) is 18.4. The third-order valence-corrected chi connectivity index (χ3v) is 4.06. The number of pyridine rings is 1. The van der Waals surface area contributed by atoms with Crippen LogP contribution in [-0.2, 0) is 6.54 Å². The first-order valence-corrected chi connectivity index (χ1v) is 8.77. The van der Waals surface area contributed by atoms with Gasteiger partial charge in [0.25, 0.3) is 0 Å². The van der Waals surface area contributed by atoms with Crippen molar-refractivity contribution in [1.29, 1.82) is 0 Å². The average molecular weight is 454 g/mol. The van der Waals surface area contributed by atoms with E-state index in [9.17, 15) is 0 Å². The second-order valence-corrected chi connectivity index (χ2v) is 6.36. The molecule has 0 bridgehead atoms. The molecule has 0 amide bonds. The zero-order chi connectivity index (χ0) is 13.8. The molecule has 116 valence electrons. The Hall–Kier alpha value is 0.360. The second-order valence-electron chi connectivity index (χ2n) is 5.44. The van der Waals surface area contributed by atoms with E-state index in [1.54, 1.807) is 0 Å². The van der Waals surface area contributed by atoms with Crippen LogP contribution in [0.2, 0.25) is 0 Å². The molecular weight excluding hydrogens is 425 g/mol. The van der Waals surface area contributed by atoms with Gasteiger partial charge < -0.3 is 24.0 Å². The normalized spacial score (nSPS) is 10.3. The van der Waals surface area contributed by atoms with Gasteiger partial charge in [-0.25, -0.2) is 4.57 Å². The van der Waals surface area contributed by atoms with Gasteiger partial charge in [-0.1, -0.05) is 58.3 Å². The molecule has 1 aromatic rings. The highest BCUT2D eigenvalue weighted by atomic mass is 127. The molecule has 0 atom stereocenters. The Bertz CT molecular complexity index is 331. The highest BCUT2D eigenvalue weighted by Gasteiger charge is 2.00. The van der Waals surface area contributed by atoms with Crippen molar-refractivity contribution in [2.75, 3.05) is 0 Å². The van der Waals surface area contributed by atoms with Gasteiger partial charge in [-0.2, -0.15) is 0 Å². The Balaban J connectivity index is 0.00000361. The summed E-state index contributed by atoms with van der Waals surface area (Å²) in [5.74, 6) is 0. The largest absolute Gasteiger partial charge is 1.00 e. The Morgan fingerprint density at radius 1 is 0.900 bits per heavy atom. The maximum absolute atomic E-state index is 3.51. The maximum atomic E-state index is 3.51. The third-order valence-electron chi connectivity index (χ3n) is 3.59. The van der Waals surface area contributed by atoms with Crippen LogP contribution in [0.5, 0.6) is 0 Å². The van der Waals surface area contributed by atoms with Gasteiger partial charge in [-0.3, -0.25) is 0 Å². The van der Waals surface area contributed by atoms with E-state index >= 15 is 0 Å². The van der Waals surface area contributed by atoms with Gasteiger partial charge in [0.1, 0.15) is 6.54 Å². The van der Waals surface area contributed by atoms with Crippen LogP contribution in [-0.4, -0.2) is 0 Å². The monoisotopic (exact) mass is 453 g/mol. The predicted molar refractivity (Wildman–Crippen MR) is 86.2 cm³/mol. The fourth-order valence-electron chi connectivity index (χ4n) is 2.41. The molecule has 0 aliphatic carbocycles. The highest BCUT2D eigenvalue weighted by Crippen LogP contribution is 2.10. The minimum atomic E-state index is 0. The minimum absolute atomic E-state index is 0. The molecule has 20 heavy (non-hydrogen) atoms. The van der Waals surface area contributed by atoms with Crippen LogP contribution < -0.4 is 28.5 Å². The van der Waals surface area contributed by atoms with Gasteiger partial charge >= 0.3 is 0 Å². The first-order valence-electron chi connectivity index (χ1n) is 7.97. The van der Waals surface area contributed by atoms with Crippen molar-refractivity contribution >= 4 is 15.9 Å². The van der Waals surface area contributed by atoms with Gasteiger partial charge in [-0.15, -0.1) is 0 Å². The molecule has 0 aromatic carbocycles. The van der Waals surface area contributed by atoms with E-state index in [2.05, 4.69) is 51.9 Å². The molecule has 0 aliphatic rings. The molecule has 0 N–H and O–H groups in total. The Morgan fingerprint density at radius 2 is 1.45 bits per heavy atom. The van der Waals surface area contributed by atoms with Crippen molar-refractivity contribution in [3.05, 3.63) is 29.0 Å². The van der Waals surface area contributed by atoms with E-state index in [1.807, 2.05) is 0 Å². The van der Waals surface area contributed by atoms with Crippen LogP contribution in [0.1, 0.15) is 71.1 Å². The van der Waals surface area contributed by atoms with Crippen molar-refractivity contribution in [2.24, 2.45) is 0 Å². The van der Waals surface area contributed by atoms with Crippen LogP contribution in [0, 0.1) is 0 Å². The van der Waals surface area contributed by atoms with Gasteiger partial charge in [0.05, 0.1) is 4.47 Å². The average Bonchev–Trinajstić information content (AvgIpc) is 2.41. The molecule has 3 heteroatoms. The third kappa shape index (κ3) is 11.1. The molecule has 0 fully saturated rings. The lowest BCUT2D eigenvalue weighted by Gasteiger charge is -2.01. The van der Waals surface area contributed by atoms with Crippen LogP contribution in [0.4, 0.5) is 0 Å². The molecule has 0 saturated carbocycles. The summed E-state index contributed by atoms with van der Waals surface area (Å²) in [4.78, 5) is 0. The lowest BCUT2D eigenvalue weighted by molar-refractivity contribution is -0.698. The zero-order valence-electron chi connectivity index (χ0n) is 12.8. The van der Waals surface area contributed by atoms with Crippen LogP contribution >= 0.6 is 15.9 Å². The van der Waals surface area contributed by atoms with E-state index in [0.717, 1.165) is 6.54 Å². The summed E-state index contributed by atoms with van der Waals surface area (Å²) < 4.78 is 3.44. The van der Waals surface area contributed by atoms with Crippen LogP contribution in [0.25, 0.3) is 0 Å². The molecule has 0 radical (unpaired) electrons. The number of unbranched alkanes of at least 4 members (excludes halogenated alkanes) is 9. The number of halogens is 2. The topological polar surface area (TPSA) is 3.88 Å². The van der Waals surface area contributed by atoms with Gasteiger partial charge in [0, 0.05) is 12.5 Å². The SMILES string of the molecule is CCCCCCCCCCCC[n+]1cccc(Br)c1.[I-]. The molecule has 1 nitrogen and oxygen atoms in total. The number of aryl methyl sites for hydroxylation is 1. The van der Waals surface area contributed by atoms with Gasteiger partial charge in [0.2, 0.25) is 0 Å². The number of hydrogen-bond donors (Lipinski definition) is 0. The number of rotatable bonds is 11. The molecular formula is C17H29BrIN. The summed E-state index contributed by atoms with van der Waals surface area (Å²) in [6.45, 7) is 3.43. The number of nitrogens with zero attached hydrogens (tertiary/aromatic N) is 1. The zero-order valence-corrected chi connectivity index (χ0v) is 16.5. The lowest BCUT2D eigenvalue weighted by atomic mass is 10.1. The van der Waals surface area contributed by atoms with Gasteiger partial charge in [-0.05, 0) is 28.4 Å². The second kappa shape index (κ2) is 14.3. The fraction of sp³-hybridized carbons (Fsp3) is 0.706. The molecule has 1 aromatic heterocycles. The van der Waals surface area contributed by atoms with Gasteiger partial charge in [0.15, 0.2) is 12.4 Å². The van der Waals surface area contributed by atoms with Crippen LogP contribution in [0.3, 0.4) is 0 Å². The van der Waals surface area contributed by atoms with Crippen molar-refractivity contribution < 1.29 is 28.5 Å². The smallest absolute Gasteiger partial charge is 0.183 e.